The van der Waals surface area contributed by atoms with E-state index in [-0.39, 0.29) is 5.56 Å². The lowest BCUT2D eigenvalue weighted by atomic mass is 10.1. The second kappa shape index (κ2) is 6.49. The monoisotopic (exact) mass is 347 g/mol. The Labute approximate surface area is 149 Å². The normalized spacial score (nSPS) is 10.9. The molecular formula is C20H14ClN3O. The van der Waals surface area contributed by atoms with Gasteiger partial charge in [0.15, 0.2) is 5.65 Å². The number of fused-ring (bicyclic) bond motifs is 1. The molecule has 0 spiro atoms. The number of nitrogens with zero attached hydrogens (tertiary/aromatic N) is 3. The molecule has 25 heavy (non-hydrogen) atoms. The van der Waals surface area contributed by atoms with E-state index in [1.165, 1.54) is 0 Å². The molecule has 0 radical (unpaired) electrons. The maximum absolute atomic E-state index is 13.1. The molecule has 5 heteroatoms. The van der Waals surface area contributed by atoms with Crippen molar-refractivity contribution in [3.8, 4) is 11.4 Å². The van der Waals surface area contributed by atoms with Crippen molar-refractivity contribution in [2.45, 2.75) is 6.54 Å². The molecule has 0 saturated carbocycles. The van der Waals surface area contributed by atoms with Crippen molar-refractivity contribution in [1.29, 1.82) is 0 Å². The first-order valence-corrected chi connectivity index (χ1v) is 8.25. The average molecular weight is 348 g/mol. The van der Waals surface area contributed by atoms with Crippen molar-refractivity contribution in [3.63, 3.8) is 0 Å². The first-order chi connectivity index (χ1) is 12.2. The number of pyridine rings is 1. The largest absolute Gasteiger partial charge is 0.288 e. The van der Waals surface area contributed by atoms with E-state index in [1.54, 1.807) is 22.9 Å². The van der Waals surface area contributed by atoms with Gasteiger partial charge < -0.3 is 0 Å². The van der Waals surface area contributed by atoms with E-state index >= 15 is 0 Å². The number of halogens is 1. The molecule has 2 heterocycles. The lowest BCUT2D eigenvalue weighted by molar-refractivity contribution is 0.758. The van der Waals surface area contributed by atoms with Gasteiger partial charge in [0.2, 0.25) is 0 Å². The van der Waals surface area contributed by atoms with Crippen LogP contribution in [0.2, 0.25) is 5.02 Å². The highest BCUT2D eigenvalue weighted by Gasteiger charge is 2.13. The quantitative estimate of drug-likeness (QED) is 0.559. The van der Waals surface area contributed by atoms with Gasteiger partial charge in [-0.05, 0) is 29.8 Å². The summed E-state index contributed by atoms with van der Waals surface area (Å²) in [7, 11) is 0. The van der Waals surface area contributed by atoms with Gasteiger partial charge in [0, 0.05) is 16.8 Å². The van der Waals surface area contributed by atoms with Gasteiger partial charge in [0.1, 0.15) is 5.82 Å². The standard InChI is InChI=1S/C20H14ClN3O/c21-16-10-8-14(9-11-16)13-24-19(15-5-2-1-3-6-15)23-18-17(20(24)25)7-4-12-22-18/h1-12H,13H2. The summed E-state index contributed by atoms with van der Waals surface area (Å²) in [5, 5.41) is 1.18. The minimum Gasteiger partial charge on any atom is -0.288 e. The van der Waals surface area contributed by atoms with Crippen LogP contribution in [0, 0.1) is 0 Å². The van der Waals surface area contributed by atoms with Gasteiger partial charge in [0.05, 0.1) is 11.9 Å². The molecule has 0 atom stereocenters. The summed E-state index contributed by atoms with van der Waals surface area (Å²) in [6.45, 7) is 0.415. The molecule has 4 nitrogen and oxygen atoms in total. The summed E-state index contributed by atoms with van der Waals surface area (Å²) >= 11 is 5.96. The van der Waals surface area contributed by atoms with E-state index < -0.39 is 0 Å². The van der Waals surface area contributed by atoms with E-state index in [9.17, 15) is 4.79 Å². The van der Waals surface area contributed by atoms with Crippen LogP contribution in [0.1, 0.15) is 5.56 Å². The molecule has 0 aliphatic carbocycles. The van der Waals surface area contributed by atoms with Crippen LogP contribution in [-0.4, -0.2) is 14.5 Å². The molecule has 0 bridgehead atoms. The number of aromatic nitrogens is 3. The molecule has 0 N–H and O–H groups in total. The van der Waals surface area contributed by atoms with E-state index in [2.05, 4.69) is 9.97 Å². The fourth-order valence-electron chi connectivity index (χ4n) is 2.78. The molecule has 0 amide bonds. The summed E-state index contributed by atoms with van der Waals surface area (Å²) in [5.41, 5.74) is 2.21. The summed E-state index contributed by atoms with van der Waals surface area (Å²) in [6, 6.07) is 20.6. The fraction of sp³-hybridized carbons (Fsp3) is 0.0500. The van der Waals surface area contributed by atoms with Crippen LogP contribution < -0.4 is 5.56 Å². The lowest BCUT2D eigenvalue weighted by Crippen LogP contribution is -2.24. The van der Waals surface area contributed by atoms with Crippen LogP contribution in [0.25, 0.3) is 22.4 Å². The average Bonchev–Trinajstić information content (AvgIpc) is 2.66. The molecule has 0 saturated heterocycles. The zero-order valence-corrected chi connectivity index (χ0v) is 14.0. The predicted octanol–water partition coefficient (Wildman–Crippen LogP) is 4.16. The summed E-state index contributed by atoms with van der Waals surface area (Å²) < 4.78 is 1.68. The van der Waals surface area contributed by atoms with Crippen molar-refractivity contribution >= 4 is 22.6 Å². The van der Waals surface area contributed by atoms with Crippen LogP contribution >= 0.6 is 11.6 Å². The Morgan fingerprint density at radius 1 is 0.920 bits per heavy atom. The van der Waals surface area contributed by atoms with Gasteiger partial charge >= 0.3 is 0 Å². The third kappa shape index (κ3) is 3.04. The maximum Gasteiger partial charge on any atom is 0.263 e. The van der Waals surface area contributed by atoms with Gasteiger partial charge in [-0.2, -0.15) is 0 Å². The number of rotatable bonds is 3. The lowest BCUT2D eigenvalue weighted by Gasteiger charge is -2.13. The Kier molecular flexibility index (Phi) is 4.04. The third-order valence-electron chi connectivity index (χ3n) is 4.02. The van der Waals surface area contributed by atoms with Gasteiger partial charge in [-0.25, -0.2) is 9.97 Å². The molecule has 0 fully saturated rings. The highest BCUT2D eigenvalue weighted by Crippen LogP contribution is 2.19. The van der Waals surface area contributed by atoms with Gasteiger partial charge in [-0.15, -0.1) is 0 Å². The van der Waals surface area contributed by atoms with Crippen LogP contribution in [-0.2, 0) is 6.54 Å². The number of benzene rings is 2. The SMILES string of the molecule is O=c1c2cccnc2nc(-c2ccccc2)n1Cc1ccc(Cl)cc1. The topological polar surface area (TPSA) is 47.8 Å². The molecule has 122 valence electrons. The molecule has 2 aromatic heterocycles. The smallest absolute Gasteiger partial charge is 0.263 e. The third-order valence-corrected chi connectivity index (χ3v) is 4.27. The van der Waals surface area contributed by atoms with E-state index in [1.807, 2.05) is 54.6 Å². The molecular weight excluding hydrogens is 334 g/mol. The highest BCUT2D eigenvalue weighted by molar-refractivity contribution is 6.30. The molecule has 4 aromatic rings. The van der Waals surface area contributed by atoms with Crippen molar-refractivity contribution in [3.05, 3.63) is 93.9 Å². The minimum absolute atomic E-state index is 0.105. The van der Waals surface area contributed by atoms with Crippen LogP contribution in [0.15, 0.2) is 77.7 Å². The Morgan fingerprint density at radius 3 is 2.44 bits per heavy atom. The minimum atomic E-state index is -0.105. The number of hydrogen-bond acceptors (Lipinski definition) is 3. The Hall–Kier alpha value is -2.98. The predicted molar refractivity (Wildman–Crippen MR) is 99.8 cm³/mol. The second-order valence-electron chi connectivity index (χ2n) is 5.69. The summed E-state index contributed by atoms with van der Waals surface area (Å²) in [5.74, 6) is 0.603. The molecule has 0 aliphatic heterocycles. The van der Waals surface area contributed by atoms with Gasteiger partial charge in [-0.1, -0.05) is 54.1 Å². The molecule has 0 aliphatic rings. The molecule has 0 unspecified atom stereocenters. The van der Waals surface area contributed by atoms with Crippen molar-refractivity contribution < 1.29 is 0 Å². The maximum atomic E-state index is 13.1. The zero-order chi connectivity index (χ0) is 17.2. The van der Waals surface area contributed by atoms with Gasteiger partial charge in [0.25, 0.3) is 5.56 Å². The fourth-order valence-corrected chi connectivity index (χ4v) is 2.91. The van der Waals surface area contributed by atoms with Crippen molar-refractivity contribution in [2.24, 2.45) is 0 Å². The van der Waals surface area contributed by atoms with E-state index in [0.29, 0.717) is 28.4 Å². The zero-order valence-electron chi connectivity index (χ0n) is 13.3. The molecule has 2 aromatic carbocycles. The Balaban J connectivity index is 1.95. The van der Waals surface area contributed by atoms with Crippen molar-refractivity contribution in [1.82, 2.24) is 14.5 Å². The van der Waals surface area contributed by atoms with Crippen molar-refractivity contribution in [2.75, 3.05) is 0 Å². The first-order valence-electron chi connectivity index (χ1n) is 7.88. The second-order valence-corrected chi connectivity index (χ2v) is 6.13. The Morgan fingerprint density at radius 2 is 1.68 bits per heavy atom. The van der Waals surface area contributed by atoms with Crippen LogP contribution in [0.5, 0.6) is 0 Å². The van der Waals surface area contributed by atoms with E-state index in [4.69, 9.17) is 11.6 Å². The van der Waals surface area contributed by atoms with Crippen LogP contribution in [0.4, 0.5) is 0 Å². The van der Waals surface area contributed by atoms with Gasteiger partial charge in [-0.3, -0.25) is 9.36 Å². The molecule has 4 rings (SSSR count). The summed E-state index contributed by atoms with van der Waals surface area (Å²) in [4.78, 5) is 21.9. The number of hydrogen-bond donors (Lipinski definition) is 0. The van der Waals surface area contributed by atoms with E-state index in [0.717, 1.165) is 11.1 Å². The summed E-state index contributed by atoms with van der Waals surface area (Å²) in [6.07, 6.45) is 1.65. The van der Waals surface area contributed by atoms with Crippen LogP contribution in [0.3, 0.4) is 0 Å². The highest BCUT2D eigenvalue weighted by atomic mass is 35.5. The first kappa shape index (κ1) is 15.5. The Bertz CT molecular complexity index is 1090.